The van der Waals surface area contributed by atoms with E-state index in [-0.39, 0.29) is 5.75 Å². The predicted octanol–water partition coefficient (Wildman–Crippen LogP) is 6.24. The Hall–Kier alpha value is -4.13. The van der Waals surface area contributed by atoms with Crippen molar-refractivity contribution in [2.24, 2.45) is 11.0 Å². The number of ether oxygens (including phenoxy) is 2. The lowest BCUT2D eigenvalue weighted by atomic mass is 9.90. The zero-order valence-corrected chi connectivity index (χ0v) is 25.8. The van der Waals surface area contributed by atoms with Crippen molar-refractivity contribution in [1.29, 1.82) is 0 Å². The largest absolute Gasteiger partial charge is 0.504 e. The minimum Gasteiger partial charge on any atom is -0.504 e. The summed E-state index contributed by atoms with van der Waals surface area (Å²) in [6.07, 6.45) is 4.84. The van der Waals surface area contributed by atoms with E-state index < -0.39 is 0 Å². The van der Waals surface area contributed by atoms with Crippen LogP contribution < -0.4 is 25.1 Å². The van der Waals surface area contributed by atoms with Gasteiger partial charge in [0.05, 0.1) is 23.5 Å². The molecule has 0 saturated carbocycles. The number of anilines is 4. The standard InChI is InChI=1S/C31H34IN7O3/c1-3-42-27-19-23(18-26(32)28(27)40)20-33-38-30-35-29(34-24-9-11-25(41-2)12-10-24)36-31(37-30)39-15-13-22(14-16-39)17-21-7-5-4-6-8-21/h4-12,18-20,22,40H,3,13-17H2,1-2H3,(H2,34,35,36,37,38)/b33-20-. The van der Waals surface area contributed by atoms with E-state index in [0.29, 0.717) is 39.7 Å². The maximum absolute atomic E-state index is 10.2. The minimum atomic E-state index is 0.117. The fraction of sp³-hybridized carbons (Fsp3) is 0.290. The molecule has 1 fully saturated rings. The normalized spacial score (nSPS) is 13.7. The summed E-state index contributed by atoms with van der Waals surface area (Å²) in [4.78, 5) is 16.2. The van der Waals surface area contributed by atoms with E-state index in [1.807, 2.05) is 37.3 Å². The molecule has 2 heterocycles. The van der Waals surface area contributed by atoms with E-state index in [4.69, 9.17) is 19.4 Å². The lowest BCUT2D eigenvalue weighted by molar-refractivity contribution is 0.317. The third-order valence-electron chi connectivity index (χ3n) is 6.96. The number of hydrogen-bond donors (Lipinski definition) is 3. The van der Waals surface area contributed by atoms with E-state index in [9.17, 15) is 5.11 Å². The summed E-state index contributed by atoms with van der Waals surface area (Å²) in [5.41, 5.74) is 5.93. The number of piperidine rings is 1. The number of aromatic hydroxyl groups is 1. The van der Waals surface area contributed by atoms with Crippen LogP contribution in [-0.4, -0.2) is 53.1 Å². The van der Waals surface area contributed by atoms with Crippen molar-refractivity contribution in [3.8, 4) is 17.2 Å². The quantitative estimate of drug-likeness (QED) is 0.0963. The van der Waals surface area contributed by atoms with Crippen LogP contribution in [0, 0.1) is 9.49 Å². The van der Waals surface area contributed by atoms with Crippen LogP contribution in [0.4, 0.5) is 23.5 Å². The number of phenolic OH excluding ortho intramolecular Hbond substituents is 1. The molecule has 1 saturated heterocycles. The Kier molecular flexibility index (Phi) is 9.90. The van der Waals surface area contributed by atoms with Crippen molar-refractivity contribution in [1.82, 2.24) is 15.0 Å². The van der Waals surface area contributed by atoms with Crippen LogP contribution in [0.1, 0.15) is 30.9 Å². The number of methoxy groups -OCH3 is 1. The lowest BCUT2D eigenvalue weighted by Crippen LogP contribution is -2.35. The molecule has 0 bridgehead atoms. The highest BCUT2D eigenvalue weighted by Crippen LogP contribution is 2.32. The van der Waals surface area contributed by atoms with Crippen LogP contribution >= 0.6 is 22.6 Å². The van der Waals surface area contributed by atoms with E-state index >= 15 is 0 Å². The molecule has 218 valence electrons. The van der Waals surface area contributed by atoms with Crippen molar-refractivity contribution in [3.05, 3.63) is 81.4 Å². The van der Waals surface area contributed by atoms with Gasteiger partial charge in [-0.15, -0.1) is 0 Å². The molecule has 42 heavy (non-hydrogen) atoms. The summed E-state index contributed by atoms with van der Waals surface area (Å²) in [6, 6.07) is 21.8. The highest BCUT2D eigenvalue weighted by Gasteiger charge is 2.22. The third kappa shape index (κ3) is 7.78. The summed E-state index contributed by atoms with van der Waals surface area (Å²) in [5, 5.41) is 17.9. The highest BCUT2D eigenvalue weighted by atomic mass is 127. The number of hydrogen-bond acceptors (Lipinski definition) is 10. The van der Waals surface area contributed by atoms with Crippen molar-refractivity contribution >= 4 is 52.3 Å². The Morgan fingerprint density at radius 1 is 1.02 bits per heavy atom. The van der Waals surface area contributed by atoms with E-state index in [1.165, 1.54) is 5.56 Å². The van der Waals surface area contributed by atoms with Gasteiger partial charge in [-0.3, -0.25) is 0 Å². The van der Waals surface area contributed by atoms with Gasteiger partial charge in [-0.25, -0.2) is 5.43 Å². The van der Waals surface area contributed by atoms with Crippen LogP contribution in [0.25, 0.3) is 0 Å². The number of nitrogens with one attached hydrogen (secondary N) is 2. The average Bonchev–Trinajstić information content (AvgIpc) is 3.01. The summed E-state index contributed by atoms with van der Waals surface area (Å²) >= 11 is 2.07. The van der Waals surface area contributed by atoms with E-state index in [1.54, 1.807) is 19.4 Å². The molecule has 0 aliphatic carbocycles. The molecule has 4 aromatic rings. The Bertz CT molecular complexity index is 1490. The second-order valence-electron chi connectivity index (χ2n) is 9.91. The smallest absolute Gasteiger partial charge is 0.250 e. The number of hydrazone groups is 1. The Labute approximate surface area is 259 Å². The molecule has 0 atom stereocenters. The second-order valence-corrected chi connectivity index (χ2v) is 11.1. The molecule has 0 unspecified atom stereocenters. The molecule has 1 aromatic heterocycles. The summed E-state index contributed by atoms with van der Waals surface area (Å²) in [6.45, 7) is 4.04. The molecule has 0 amide bonds. The SMILES string of the molecule is CCOc1cc(/C=N\Nc2nc(Nc3ccc(OC)cc3)nc(N3CCC(Cc4ccccc4)CC3)n2)cc(I)c1O. The van der Waals surface area contributed by atoms with Crippen LogP contribution in [0.5, 0.6) is 17.2 Å². The zero-order valence-electron chi connectivity index (χ0n) is 23.6. The molecular weight excluding hydrogens is 645 g/mol. The van der Waals surface area contributed by atoms with Gasteiger partial charge in [0.2, 0.25) is 17.8 Å². The summed E-state index contributed by atoms with van der Waals surface area (Å²) in [5.74, 6) is 3.24. The maximum Gasteiger partial charge on any atom is 0.250 e. The minimum absolute atomic E-state index is 0.117. The molecule has 5 rings (SSSR count). The lowest BCUT2D eigenvalue weighted by Gasteiger charge is -2.32. The van der Waals surface area contributed by atoms with Crippen molar-refractivity contribution < 1.29 is 14.6 Å². The number of nitrogens with zero attached hydrogens (tertiary/aromatic N) is 5. The monoisotopic (exact) mass is 679 g/mol. The molecule has 3 N–H and O–H groups in total. The molecule has 0 radical (unpaired) electrons. The second kappa shape index (κ2) is 14.2. The first kappa shape index (κ1) is 29.4. The first-order chi connectivity index (χ1) is 20.5. The van der Waals surface area contributed by atoms with Gasteiger partial charge >= 0.3 is 0 Å². The Morgan fingerprint density at radius 3 is 2.48 bits per heavy atom. The number of rotatable bonds is 11. The summed E-state index contributed by atoms with van der Waals surface area (Å²) in [7, 11) is 1.64. The van der Waals surface area contributed by atoms with Gasteiger partial charge in [0.1, 0.15) is 5.75 Å². The Balaban J connectivity index is 1.33. The topological polar surface area (TPSA) is 117 Å². The highest BCUT2D eigenvalue weighted by molar-refractivity contribution is 14.1. The summed E-state index contributed by atoms with van der Waals surface area (Å²) < 4.78 is 11.5. The number of benzene rings is 3. The number of halogens is 1. The molecule has 1 aliphatic rings. The molecule has 3 aromatic carbocycles. The van der Waals surface area contributed by atoms with Crippen molar-refractivity contribution in [2.75, 3.05) is 42.4 Å². The predicted molar refractivity (Wildman–Crippen MR) is 174 cm³/mol. The van der Waals surface area contributed by atoms with Gasteiger partial charge in [-0.1, -0.05) is 30.3 Å². The zero-order chi connectivity index (χ0) is 29.3. The third-order valence-corrected chi connectivity index (χ3v) is 7.79. The molecule has 1 aliphatic heterocycles. The van der Waals surface area contributed by atoms with Crippen LogP contribution in [0.15, 0.2) is 71.8 Å². The Morgan fingerprint density at radius 2 is 1.76 bits per heavy atom. The number of aromatic nitrogens is 3. The fourth-order valence-corrected chi connectivity index (χ4v) is 5.42. The van der Waals surface area contributed by atoms with Gasteiger partial charge in [-0.2, -0.15) is 20.1 Å². The van der Waals surface area contributed by atoms with Crippen LogP contribution in [0.2, 0.25) is 0 Å². The maximum atomic E-state index is 10.2. The number of phenols is 1. The van der Waals surface area contributed by atoms with Crippen LogP contribution in [0.3, 0.4) is 0 Å². The van der Waals surface area contributed by atoms with E-state index in [0.717, 1.165) is 49.4 Å². The average molecular weight is 680 g/mol. The molecule has 10 nitrogen and oxygen atoms in total. The first-order valence-electron chi connectivity index (χ1n) is 13.9. The van der Waals surface area contributed by atoms with Gasteiger partial charge in [0, 0.05) is 18.8 Å². The van der Waals surface area contributed by atoms with Crippen LogP contribution in [-0.2, 0) is 6.42 Å². The van der Waals surface area contributed by atoms with Gasteiger partial charge in [0.25, 0.3) is 0 Å². The van der Waals surface area contributed by atoms with Crippen molar-refractivity contribution in [2.45, 2.75) is 26.2 Å². The first-order valence-corrected chi connectivity index (χ1v) is 15.0. The van der Waals surface area contributed by atoms with Crippen molar-refractivity contribution in [3.63, 3.8) is 0 Å². The fourth-order valence-electron chi connectivity index (χ4n) is 4.80. The van der Waals surface area contributed by atoms with E-state index in [2.05, 4.69) is 78.7 Å². The van der Waals surface area contributed by atoms with Gasteiger partial charge in [0.15, 0.2) is 11.5 Å². The van der Waals surface area contributed by atoms with Gasteiger partial charge in [-0.05, 0) is 102 Å². The molecule has 0 spiro atoms. The molecule has 11 heteroatoms. The van der Waals surface area contributed by atoms with Gasteiger partial charge < -0.3 is 24.8 Å². The molecular formula is C31H34IN7O3.